The SMILES string of the molecule is OCC1O[C@@H](O)[C@@H](O)[C@H](O)C1O. The molecule has 1 rings (SSSR count). The van der Waals surface area contributed by atoms with Gasteiger partial charge in [-0.2, -0.15) is 0 Å². The standard InChI is InChI=1S/C6H12O6/c7-1-2-3(8)4(9)5(10)6(11)12-2/h2-11H,1H2/t2?,3?,4-,5+,6-/m1/s1. The molecule has 0 amide bonds. The Hall–Kier alpha value is -0.240. The van der Waals surface area contributed by atoms with E-state index in [9.17, 15) is 0 Å². The smallest absolute Gasteiger partial charge is 0.184 e. The molecule has 2 unspecified atom stereocenters. The van der Waals surface area contributed by atoms with Gasteiger partial charge in [0.15, 0.2) is 6.29 Å². The average molecular weight is 180 g/mol. The lowest BCUT2D eigenvalue weighted by Crippen LogP contribution is -2.58. The summed E-state index contributed by atoms with van der Waals surface area (Å²) in [4.78, 5) is 0. The van der Waals surface area contributed by atoms with Crippen molar-refractivity contribution in [1.82, 2.24) is 0 Å². The molecule has 0 aromatic carbocycles. The van der Waals surface area contributed by atoms with Crippen molar-refractivity contribution >= 4 is 0 Å². The van der Waals surface area contributed by atoms with Gasteiger partial charge in [0.05, 0.1) is 6.61 Å². The summed E-state index contributed by atoms with van der Waals surface area (Å²) < 4.78 is 4.58. The second kappa shape index (κ2) is 3.65. The van der Waals surface area contributed by atoms with E-state index >= 15 is 0 Å². The van der Waals surface area contributed by atoms with Crippen LogP contribution in [-0.4, -0.2) is 62.8 Å². The third-order valence-electron chi connectivity index (χ3n) is 1.87. The Balaban J connectivity index is 2.63. The summed E-state index contributed by atoms with van der Waals surface area (Å²) in [5.74, 6) is 0. The zero-order valence-corrected chi connectivity index (χ0v) is 6.24. The topological polar surface area (TPSA) is 110 Å². The molecule has 1 saturated heterocycles. The van der Waals surface area contributed by atoms with Gasteiger partial charge in [-0.1, -0.05) is 0 Å². The van der Waals surface area contributed by atoms with Crippen LogP contribution in [0.1, 0.15) is 0 Å². The summed E-state index contributed by atoms with van der Waals surface area (Å²) in [5, 5.41) is 44.7. The molecule has 0 spiro atoms. The third-order valence-corrected chi connectivity index (χ3v) is 1.87. The fraction of sp³-hybridized carbons (Fsp3) is 1.00. The Kier molecular flexibility index (Phi) is 2.99. The maximum atomic E-state index is 9.12. The summed E-state index contributed by atoms with van der Waals surface area (Å²) in [5.41, 5.74) is 0. The summed E-state index contributed by atoms with van der Waals surface area (Å²) >= 11 is 0. The minimum atomic E-state index is -1.57. The molecular formula is C6H12O6. The molecule has 1 heterocycles. The zero-order valence-electron chi connectivity index (χ0n) is 6.24. The molecule has 0 aliphatic carbocycles. The van der Waals surface area contributed by atoms with Gasteiger partial charge in [0.2, 0.25) is 0 Å². The predicted octanol–water partition coefficient (Wildman–Crippen LogP) is -3.22. The van der Waals surface area contributed by atoms with Crippen LogP contribution in [0, 0.1) is 0 Å². The van der Waals surface area contributed by atoms with Gasteiger partial charge < -0.3 is 30.3 Å². The van der Waals surface area contributed by atoms with E-state index in [0.29, 0.717) is 0 Å². The van der Waals surface area contributed by atoms with Crippen LogP contribution in [0.3, 0.4) is 0 Å². The number of hydrogen-bond donors (Lipinski definition) is 5. The molecule has 6 nitrogen and oxygen atoms in total. The van der Waals surface area contributed by atoms with Crippen LogP contribution < -0.4 is 0 Å². The molecule has 72 valence electrons. The Morgan fingerprint density at radius 3 is 2.00 bits per heavy atom. The van der Waals surface area contributed by atoms with Gasteiger partial charge in [-0.25, -0.2) is 0 Å². The normalized spacial score (nSPS) is 49.2. The van der Waals surface area contributed by atoms with Crippen molar-refractivity contribution in [2.45, 2.75) is 30.7 Å². The van der Waals surface area contributed by atoms with Gasteiger partial charge in [-0.05, 0) is 0 Å². The number of aliphatic hydroxyl groups excluding tert-OH is 5. The molecule has 0 saturated carbocycles. The Labute approximate surface area is 68.6 Å². The van der Waals surface area contributed by atoms with Gasteiger partial charge in [-0.3, -0.25) is 0 Å². The lowest BCUT2D eigenvalue weighted by molar-refractivity contribution is -0.286. The lowest BCUT2D eigenvalue weighted by atomic mass is 10.00. The summed E-state index contributed by atoms with van der Waals surface area (Å²) in [6.45, 7) is -0.526. The summed E-state index contributed by atoms with van der Waals surface area (Å²) in [6, 6.07) is 0. The maximum Gasteiger partial charge on any atom is 0.184 e. The van der Waals surface area contributed by atoms with E-state index in [1.807, 2.05) is 0 Å². The molecule has 5 atom stereocenters. The second-order valence-electron chi connectivity index (χ2n) is 2.72. The third kappa shape index (κ3) is 1.58. The van der Waals surface area contributed by atoms with Crippen LogP contribution in [0.25, 0.3) is 0 Å². The van der Waals surface area contributed by atoms with E-state index in [-0.39, 0.29) is 0 Å². The number of hydrogen-bond acceptors (Lipinski definition) is 6. The van der Waals surface area contributed by atoms with Crippen molar-refractivity contribution in [2.75, 3.05) is 6.61 Å². The number of ether oxygens (including phenoxy) is 1. The molecule has 0 bridgehead atoms. The first-order valence-electron chi connectivity index (χ1n) is 3.56. The van der Waals surface area contributed by atoms with Crippen molar-refractivity contribution in [3.63, 3.8) is 0 Å². The largest absolute Gasteiger partial charge is 0.394 e. The highest BCUT2D eigenvalue weighted by atomic mass is 16.6. The van der Waals surface area contributed by atoms with E-state index in [0.717, 1.165) is 0 Å². The van der Waals surface area contributed by atoms with Gasteiger partial charge in [-0.15, -0.1) is 0 Å². The quantitative estimate of drug-likeness (QED) is 0.290. The van der Waals surface area contributed by atoms with Crippen LogP contribution >= 0.6 is 0 Å². The Bertz CT molecular complexity index is 146. The highest BCUT2D eigenvalue weighted by molar-refractivity contribution is 4.87. The van der Waals surface area contributed by atoms with Crippen LogP contribution in [0.2, 0.25) is 0 Å². The van der Waals surface area contributed by atoms with Crippen molar-refractivity contribution in [3.8, 4) is 0 Å². The summed E-state index contributed by atoms with van der Waals surface area (Å²) in [6.07, 6.45) is -7.04. The maximum absolute atomic E-state index is 9.12. The van der Waals surface area contributed by atoms with Crippen LogP contribution in [-0.2, 0) is 4.74 Å². The first-order valence-corrected chi connectivity index (χ1v) is 3.56. The molecule has 1 fully saturated rings. The molecular weight excluding hydrogens is 168 g/mol. The highest BCUT2D eigenvalue weighted by Crippen LogP contribution is 2.18. The Morgan fingerprint density at radius 2 is 1.50 bits per heavy atom. The fourth-order valence-electron chi connectivity index (χ4n) is 1.08. The van der Waals surface area contributed by atoms with Gasteiger partial charge >= 0.3 is 0 Å². The Morgan fingerprint density at radius 1 is 0.917 bits per heavy atom. The molecule has 1 aliphatic rings. The van der Waals surface area contributed by atoms with Crippen molar-refractivity contribution in [2.24, 2.45) is 0 Å². The van der Waals surface area contributed by atoms with E-state index < -0.39 is 37.3 Å². The molecule has 12 heavy (non-hydrogen) atoms. The van der Waals surface area contributed by atoms with Gasteiger partial charge in [0.1, 0.15) is 24.4 Å². The van der Waals surface area contributed by atoms with E-state index in [1.54, 1.807) is 0 Å². The minimum absolute atomic E-state index is 0.526. The molecule has 5 N–H and O–H groups in total. The average Bonchev–Trinajstić information content (AvgIpc) is 2.08. The van der Waals surface area contributed by atoms with Crippen molar-refractivity contribution in [3.05, 3.63) is 0 Å². The molecule has 6 heteroatoms. The van der Waals surface area contributed by atoms with E-state index in [1.165, 1.54) is 0 Å². The van der Waals surface area contributed by atoms with Crippen molar-refractivity contribution in [1.29, 1.82) is 0 Å². The van der Waals surface area contributed by atoms with Gasteiger partial charge in [0.25, 0.3) is 0 Å². The summed E-state index contributed by atoms with van der Waals surface area (Å²) in [7, 11) is 0. The van der Waals surface area contributed by atoms with Crippen LogP contribution in [0.5, 0.6) is 0 Å². The molecule has 0 radical (unpaired) electrons. The minimum Gasteiger partial charge on any atom is -0.394 e. The lowest BCUT2D eigenvalue weighted by Gasteiger charge is -2.37. The number of aliphatic hydroxyl groups is 5. The van der Waals surface area contributed by atoms with Gasteiger partial charge in [0, 0.05) is 0 Å². The van der Waals surface area contributed by atoms with Crippen LogP contribution in [0.15, 0.2) is 0 Å². The van der Waals surface area contributed by atoms with E-state index in [2.05, 4.69) is 4.74 Å². The molecule has 0 aromatic heterocycles. The first kappa shape index (κ1) is 9.85. The monoisotopic (exact) mass is 180 g/mol. The highest BCUT2D eigenvalue weighted by Gasteiger charge is 2.42. The molecule has 1 aliphatic heterocycles. The van der Waals surface area contributed by atoms with Crippen LogP contribution in [0.4, 0.5) is 0 Å². The van der Waals surface area contributed by atoms with E-state index in [4.69, 9.17) is 25.5 Å². The molecule has 0 aromatic rings. The number of rotatable bonds is 1. The predicted molar refractivity (Wildman–Crippen MR) is 36.0 cm³/mol. The second-order valence-corrected chi connectivity index (χ2v) is 2.72. The first-order chi connectivity index (χ1) is 5.57. The fourth-order valence-corrected chi connectivity index (χ4v) is 1.08. The zero-order chi connectivity index (χ0) is 9.30. The van der Waals surface area contributed by atoms with Crippen molar-refractivity contribution < 1.29 is 30.3 Å².